The van der Waals surface area contributed by atoms with Crippen molar-refractivity contribution in [2.24, 2.45) is 0 Å². The lowest BCUT2D eigenvalue weighted by atomic mass is 10.0. The molecule has 1 unspecified atom stereocenters. The number of epoxide rings is 1. The molecule has 1 fully saturated rings. The maximum Gasteiger partial charge on any atom is 0.123 e. The van der Waals surface area contributed by atoms with E-state index in [-0.39, 0.29) is 5.60 Å². The second-order valence-corrected chi connectivity index (χ2v) is 9.37. The maximum atomic E-state index is 5.88. The minimum atomic E-state index is -0.0374. The summed E-state index contributed by atoms with van der Waals surface area (Å²) in [6.07, 6.45) is 22.5. The van der Waals surface area contributed by atoms with E-state index in [9.17, 15) is 0 Å². The van der Waals surface area contributed by atoms with Crippen LogP contribution in [0, 0.1) is 0 Å². The van der Waals surface area contributed by atoms with Crippen LogP contribution in [-0.2, 0) is 11.2 Å². The van der Waals surface area contributed by atoms with E-state index in [1.54, 1.807) is 0 Å². The van der Waals surface area contributed by atoms with E-state index >= 15 is 0 Å². The Hall–Kier alpha value is -1.02. The highest BCUT2D eigenvalue weighted by Gasteiger charge is 2.40. The predicted molar refractivity (Wildman–Crippen MR) is 125 cm³/mol. The molecule has 0 saturated carbocycles. The number of hydrogen-bond acceptors (Lipinski definition) is 2. The van der Waals surface area contributed by atoms with E-state index < -0.39 is 0 Å². The Morgan fingerprint density at radius 2 is 1.31 bits per heavy atom. The third kappa shape index (κ3) is 12.3. The van der Waals surface area contributed by atoms with Crippen LogP contribution in [0.4, 0.5) is 0 Å². The topological polar surface area (TPSA) is 21.8 Å². The van der Waals surface area contributed by atoms with E-state index in [1.807, 2.05) is 0 Å². The Balaban J connectivity index is 1.36. The first-order valence-electron chi connectivity index (χ1n) is 12.6. The molecular weight excluding hydrogens is 356 g/mol. The van der Waals surface area contributed by atoms with Crippen molar-refractivity contribution in [3.63, 3.8) is 0 Å². The molecule has 0 spiro atoms. The molecule has 1 saturated heterocycles. The van der Waals surface area contributed by atoms with E-state index in [2.05, 4.69) is 38.1 Å². The summed E-state index contributed by atoms with van der Waals surface area (Å²) in [5.74, 6) is 0.986. The smallest absolute Gasteiger partial charge is 0.123 e. The summed E-state index contributed by atoms with van der Waals surface area (Å²) in [5.41, 5.74) is 1.36. The zero-order valence-electron chi connectivity index (χ0n) is 19.4. The third-order valence-corrected chi connectivity index (χ3v) is 6.15. The zero-order valence-corrected chi connectivity index (χ0v) is 19.4. The molecular formula is C27H46O2. The van der Waals surface area contributed by atoms with Crippen LogP contribution in [0.2, 0.25) is 0 Å². The molecule has 0 aromatic heterocycles. The van der Waals surface area contributed by atoms with Crippen LogP contribution < -0.4 is 4.74 Å². The van der Waals surface area contributed by atoms with Crippen molar-refractivity contribution >= 4 is 0 Å². The van der Waals surface area contributed by atoms with E-state index in [1.165, 1.54) is 108 Å². The summed E-state index contributed by atoms with van der Waals surface area (Å²) < 4.78 is 11.3. The molecule has 2 nitrogen and oxygen atoms in total. The van der Waals surface area contributed by atoms with Crippen LogP contribution in [0.5, 0.6) is 5.75 Å². The normalized spacial score (nSPS) is 18.1. The maximum absolute atomic E-state index is 5.88. The SMILES string of the molecule is CCCCCCCCCCCCCCCCCc1cccc(OCC2(C)CO2)c1. The highest BCUT2D eigenvalue weighted by atomic mass is 16.6. The number of hydrogen-bond donors (Lipinski definition) is 0. The standard InChI is InChI=1S/C27H46O2/c1-3-4-5-6-7-8-9-10-11-12-13-14-15-16-17-19-25-20-18-21-26(22-25)28-23-27(2)24-29-27/h18,20-22H,3-17,19,23-24H2,1-2H3. The summed E-state index contributed by atoms with van der Waals surface area (Å²) in [7, 11) is 0. The average Bonchev–Trinajstić information content (AvgIpc) is 3.47. The quantitative estimate of drug-likeness (QED) is 0.171. The first kappa shape index (κ1) is 24.3. The van der Waals surface area contributed by atoms with Gasteiger partial charge in [0.15, 0.2) is 0 Å². The van der Waals surface area contributed by atoms with Gasteiger partial charge in [-0.3, -0.25) is 0 Å². The van der Waals surface area contributed by atoms with Gasteiger partial charge in [-0.25, -0.2) is 0 Å². The summed E-state index contributed by atoms with van der Waals surface area (Å²) >= 11 is 0. The Kier molecular flexibility index (Phi) is 12.4. The van der Waals surface area contributed by atoms with Crippen molar-refractivity contribution in [3.8, 4) is 5.75 Å². The number of aryl methyl sites for hydroxylation is 1. The molecule has 0 N–H and O–H groups in total. The van der Waals surface area contributed by atoms with Crippen LogP contribution in [0.15, 0.2) is 24.3 Å². The largest absolute Gasteiger partial charge is 0.490 e. The predicted octanol–water partition coefficient (Wildman–Crippen LogP) is 8.27. The first-order valence-corrected chi connectivity index (χ1v) is 12.6. The van der Waals surface area contributed by atoms with Crippen molar-refractivity contribution in [2.45, 2.75) is 122 Å². The molecule has 1 aliphatic heterocycles. The summed E-state index contributed by atoms with van der Waals surface area (Å²) in [6.45, 7) is 5.88. The minimum absolute atomic E-state index is 0.0374. The third-order valence-electron chi connectivity index (χ3n) is 6.15. The van der Waals surface area contributed by atoms with Gasteiger partial charge in [0.05, 0.1) is 6.61 Å². The zero-order chi connectivity index (χ0) is 20.6. The van der Waals surface area contributed by atoms with E-state index in [0.717, 1.165) is 12.4 Å². The molecule has 0 aliphatic carbocycles. The van der Waals surface area contributed by atoms with Crippen LogP contribution in [-0.4, -0.2) is 18.8 Å². The highest BCUT2D eigenvalue weighted by molar-refractivity contribution is 5.28. The van der Waals surface area contributed by atoms with Gasteiger partial charge in [-0.05, 0) is 37.5 Å². The average molecular weight is 403 g/mol. The fraction of sp³-hybridized carbons (Fsp3) is 0.778. The van der Waals surface area contributed by atoms with Crippen LogP contribution in [0.25, 0.3) is 0 Å². The molecule has 166 valence electrons. The molecule has 2 heteroatoms. The van der Waals surface area contributed by atoms with Gasteiger partial charge in [-0.15, -0.1) is 0 Å². The molecule has 1 atom stereocenters. The molecule has 0 bridgehead atoms. The van der Waals surface area contributed by atoms with Gasteiger partial charge in [0.1, 0.15) is 18.0 Å². The molecule has 0 amide bonds. The lowest BCUT2D eigenvalue weighted by Gasteiger charge is -2.10. The van der Waals surface area contributed by atoms with Crippen molar-refractivity contribution in [3.05, 3.63) is 29.8 Å². The number of rotatable bonds is 19. The van der Waals surface area contributed by atoms with E-state index in [4.69, 9.17) is 9.47 Å². The Morgan fingerprint density at radius 3 is 1.83 bits per heavy atom. The van der Waals surface area contributed by atoms with Gasteiger partial charge in [-0.1, -0.05) is 109 Å². The van der Waals surface area contributed by atoms with Gasteiger partial charge >= 0.3 is 0 Å². The van der Waals surface area contributed by atoms with Gasteiger partial charge in [-0.2, -0.15) is 0 Å². The number of unbranched alkanes of at least 4 members (excludes halogenated alkanes) is 14. The summed E-state index contributed by atoms with van der Waals surface area (Å²) in [4.78, 5) is 0. The Labute approximate surface area is 180 Å². The highest BCUT2D eigenvalue weighted by Crippen LogP contribution is 2.27. The number of benzene rings is 1. The van der Waals surface area contributed by atoms with Crippen LogP contribution in [0.3, 0.4) is 0 Å². The molecule has 1 heterocycles. The molecule has 2 rings (SSSR count). The second-order valence-electron chi connectivity index (χ2n) is 9.37. The molecule has 1 aliphatic rings. The van der Waals surface area contributed by atoms with Crippen LogP contribution >= 0.6 is 0 Å². The number of ether oxygens (including phenoxy) is 2. The van der Waals surface area contributed by atoms with Gasteiger partial charge in [0.2, 0.25) is 0 Å². The lowest BCUT2D eigenvalue weighted by molar-refractivity contribution is 0.202. The Bertz CT molecular complexity index is 521. The Morgan fingerprint density at radius 1 is 0.793 bits per heavy atom. The van der Waals surface area contributed by atoms with Crippen molar-refractivity contribution in [1.29, 1.82) is 0 Å². The minimum Gasteiger partial charge on any atom is -0.490 e. The van der Waals surface area contributed by atoms with Gasteiger partial charge < -0.3 is 9.47 Å². The fourth-order valence-electron chi connectivity index (χ4n) is 3.93. The van der Waals surface area contributed by atoms with Crippen molar-refractivity contribution in [2.75, 3.05) is 13.2 Å². The monoisotopic (exact) mass is 402 g/mol. The summed E-state index contributed by atoms with van der Waals surface area (Å²) in [6, 6.07) is 8.61. The second kappa shape index (κ2) is 14.9. The van der Waals surface area contributed by atoms with Crippen molar-refractivity contribution < 1.29 is 9.47 Å². The molecule has 29 heavy (non-hydrogen) atoms. The summed E-state index contributed by atoms with van der Waals surface area (Å²) in [5, 5.41) is 0. The van der Waals surface area contributed by atoms with Crippen LogP contribution in [0.1, 0.15) is 116 Å². The molecule has 1 aromatic carbocycles. The lowest BCUT2D eigenvalue weighted by Crippen LogP contribution is -2.16. The molecule has 0 radical (unpaired) electrons. The van der Waals surface area contributed by atoms with Gasteiger partial charge in [0, 0.05) is 0 Å². The molecule has 1 aromatic rings. The fourth-order valence-corrected chi connectivity index (χ4v) is 3.93. The van der Waals surface area contributed by atoms with Gasteiger partial charge in [0.25, 0.3) is 0 Å². The first-order chi connectivity index (χ1) is 14.2. The van der Waals surface area contributed by atoms with Crippen molar-refractivity contribution in [1.82, 2.24) is 0 Å². The van der Waals surface area contributed by atoms with E-state index in [0.29, 0.717) is 6.61 Å².